The van der Waals surface area contributed by atoms with Gasteiger partial charge in [0.2, 0.25) is 11.8 Å². The monoisotopic (exact) mass is 373 g/mol. The summed E-state index contributed by atoms with van der Waals surface area (Å²) in [6.45, 7) is 5.37. The van der Waals surface area contributed by atoms with Gasteiger partial charge in [0.05, 0.1) is 0 Å². The van der Waals surface area contributed by atoms with Gasteiger partial charge in [0, 0.05) is 52.2 Å². The third-order valence-electron chi connectivity index (χ3n) is 5.75. The van der Waals surface area contributed by atoms with Crippen LogP contribution in [0.4, 0.5) is 0 Å². The molecule has 0 bridgehead atoms. The number of aliphatic hydroxyl groups is 1. The molecule has 0 spiro atoms. The predicted molar refractivity (Wildman–Crippen MR) is 104 cm³/mol. The van der Waals surface area contributed by atoms with Gasteiger partial charge in [-0.1, -0.05) is 30.3 Å². The van der Waals surface area contributed by atoms with Gasteiger partial charge in [0.25, 0.3) is 0 Å². The lowest BCUT2D eigenvalue weighted by atomic mass is 9.93. The fourth-order valence-corrected chi connectivity index (χ4v) is 4.11. The second-order valence-corrected chi connectivity index (χ2v) is 7.69. The summed E-state index contributed by atoms with van der Waals surface area (Å²) in [4.78, 5) is 30.3. The Kier molecular flexibility index (Phi) is 7.24. The van der Waals surface area contributed by atoms with Crippen LogP contribution in [0.3, 0.4) is 0 Å². The standard InChI is InChI=1S/C21H31N3O3/c25-17-21(27)24-10-4-7-19(16-24)8-9-20(26)23-13-11-22(12-14-23)15-18-5-2-1-3-6-18/h1-3,5-6,19,25H,4,7-17H2/t19-/m1/s1. The van der Waals surface area contributed by atoms with Crippen LogP contribution in [-0.2, 0) is 16.1 Å². The van der Waals surface area contributed by atoms with Gasteiger partial charge in [-0.3, -0.25) is 14.5 Å². The van der Waals surface area contributed by atoms with Crippen LogP contribution >= 0.6 is 0 Å². The first kappa shape index (κ1) is 19.8. The van der Waals surface area contributed by atoms with E-state index >= 15 is 0 Å². The fraction of sp³-hybridized carbons (Fsp3) is 0.619. The zero-order valence-corrected chi connectivity index (χ0v) is 16.1. The molecule has 2 fully saturated rings. The lowest BCUT2D eigenvalue weighted by molar-refractivity contribution is -0.136. The molecule has 0 radical (unpaired) electrons. The number of benzene rings is 1. The van der Waals surface area contributed by atoms with E-state index in [1.165, 1.54) is 5.56 Å². The van der Waals surface area contributed by atoms with E-state index in [9.17, 15) is 9.59 Å². The zero-order chi connectivity index (χ0) is 19.1. The van der Waals surface area contributed by atoms with Gasteiger partial charge in [0.1, 0.15) is 6.61 Å². The molecule has 0 unspecified atom stereocenters. The van der Waals surface area contributed by atoms with Crippen LogP contribution in [0.15, 0.2) is 30.3 Å². The number of amides is 2. The quantitative estimate of drug-likeness (QED) is 0.817. The van der Waals surface area contributed by atoms with Gasteiger partial charge in [-0.25, -0.2) is 0 Å². The van der Waals surface area contributed by atoms with E-state index in [0.717, 1.165) is 58.5 Å². The van der Waals surface area contributed by atoms with Crippen molar-refractivity contribution in [1.29, 1.82) is 0 Å². The van der Waals surface area contributed by atoms with Gasteiger partial charge >= 0.3 is 0 Å². The minimum atomic E-state index is -0.418. The van der Waals surface area contributed by atoms with E-state index in [0.29, 0.717) is 18.9 Å². The Morgan fingerprint density at radius 1 is 0.963 bits per heavy atom. The largest absolute Gasteiger partial charge is 0.387 e. The van der Waals surface area contributed by atoms with Crippen LogP contribution in [0.2, 0.25) is 0 Å². The number of likely N-dealkylation sites (tertiary alicyclic amines) is 1. The van der Waals surface area contributed by atoms with Crippen molar-refractivity contribution in [3.8, 4) is 0 Å². The Balaban J connectivity index is 1.37. The van der Waals surface area contributed by atoms with Crippen molar-refractivity contribution in [2.45, 2.75) is 32.2 Å². The normalized spacial score (nSPS) is 21.3. The van der Waals surface area contributed by atoms with Crippen molar-refractivity contribution in [3.05, 3.63) is 35.9 Å². The molecule has 0 aromatic heterocycles. The molecule has 27 heavy (non-hydrogen) atoms. The summed E-state index contributed by atoms with van der Waals surface area (Å²) in [6.07, 6.45) is 3.42. The average molecular weight is 373 g/mol. The van der Waals surface area contributed by atoms with Crippen LogP contribution in [0, 0.1) is 5.92 Å². The molecule has 6 nitrogen and oxygen atoms in total. The second kappa shape index (κ2) is 9.85. The highest BCUT2D eigenvalue weighted by atomic mass is 16.3. The first-order valence-electron chi connectivity index (χ1n) is 10.1. The second-order valence-electron chi connectivity index (χ2n) is 7.69. The van der Waals surface area contributed by atoms with Crippen LogP contribution in [-0.4, -0.2) is 77.5 Å². The molecule has 3 rings (SSSR count). The molecule has 0 saturated carbocycles. The Labute approximate surface area is 161 Å². The smallest absolute Gasteiger partial charge is 0.248 e. The van der Waals surface area contributed by atoms with Crippen molar-refractivity contribution < 1.29 is 14.7 Å². The van der Waals surface area contributed by atoms with Crippen LogP contribution < -0.4 is 0 Å². The Morgan fingerprint density at radius 3 is 2.41 bits per heavy atom. The highest BCUT2D eigenvalue weighted by molar-refractivity contribution is 5.77. The number of piperazine rings is 1. The third kappa shape index (κ3) is 5.78. The molecule has 2 amide bonds. The molecule has 0 aliphatic carbocycles. The van der Waals surface area contributed by atoms with Crippen molar-refractivity contribution in [2.75, 3.05) is 45.9 Å². The lowest BCUT2D eigenvalue weighted by Crippen LogP contribution is -2.48. The Morgan fingerprint density at radius 2 is 1.70 bits per heavy atom. The topological polar surface area (TPSA) is 64.1 Å². The van der Waals surface area contributed by atoms with E-state index in [1.807, 2.05) is 11.0 Å². The maximum atomic E-state index is 12.6. The molecular weight excluding hydrogens is 342 g/mol. The number of hydrogen-bond donors (Lipinski definition) is 1. The summed E-state index contributed by atoms with van der Waals surface area (Å²) in [5.41, 5.74) is 1.32. The van der Waals surface area contributed by atoms with E-state index in [-0.39, 0.29) is 11.8 Å². The number of rotatable bonds is 6. The van der Waals surface area contributed by atoms with Crippen molar-refractivity contribution >= 4 is 11.8 Å². The lowest BCUT2D eigenvalue weighted by Gasteiger charge is -2.36. The SMILES string of the molecule is O=C(CC[C@H]1CCCN(C(=O)CO)C1)N1CCN(Cc2ccccc2)CC1. The molecule has 1 aromatic rings. The molecule has 1 aromatic carbocycles. The van der Waals surface area contributed by atoms with Crippen LogP contribution in [0.5, 0.6) is 0 Å². The van der Waals surface area contributed by atoms with Gasteiger partial charge in [-0.2, -0.15) is 0 Å². The average Bonchev–Trinajstić information content (AvgIpc) is 2.73. The van der Waals surface area contributed by atoms with Gasteiger partial charge in [-0.15, -0.1) is 0 Å². The van der Waals surface area contributed by atoms with E-state index in [2.05, 4.69) is 29.2 Å². The molecule has 2 heterocycles. The van der Waals surface area contributed by atoms with E-state index < -0.39 is 6.61 Å². The highest BCUT2D eigenvalue weighted by Gasteiger charge is 2.25. The minimum absolute atomic E-state index is 0.194. The number of hydrogen-bond acceptors (Lipinski definition) is 4. The molecule has 2 aliphatic rings. The van der Waals surface area contributed by atoms with Gasteiger partial charge in [0.15, 0.2) is 0 Å². The van der Waals surface area contributed by atoms with Crippen LogP contribution in [0.25, 0.3) is 0 Å². The first-order chi connectivity index (χ1) is 13.2. The van der Waals surface area contributed by atoms with Crippen molar-refractivity contribution in [2.24, 2.45) is 5.92 Å². The maximum absolute atomic E-state index is 12.6. The maximum Gasteiger partial charge on any atom is 0.248 e. The molecular formula is C21H31N3O3. The van der Waals surface area contributed by atoms with Crippen LogP contribution in [0.1, 0.15) is 31.2 Å². The zero-order valence-electron chi connectivity index (χ0n) is 16.1. The van der Waals surface area contributed by atoms with E-state index in [4.69, 9.17) is 5.11 Å². The van der Waals surface area contributed by atoms with Gasteiger partial charge in [-0.05, 0) is 30.7 Å². The summed E-state index contributed by atoms with van der Waals surface area (Å²) in [5.74, 6) is 0.415. The number of piperidine rings is 1. The summed E-state index contributed by atoms with van der Waals surface area (Å²) in [7, 11) is 0. The molecule has 148 valence electrons. The highest BCUT2D eigenvalue weighted by Crippen LogP contribution is 2.22. The van der Waals surface area contributed by atoms with E-state index in [1.54, 1.807) is 4.90 Å². The summed E-state index contributed by atoms with van der Waals surface area (Å²) in [6, 6.07) is 10.5. The van der Waals surface area contributed by atoms with Crippen molar-refractivity contribution in [1.82, 2.24) is 14.7 Å². The molecule has 1 atom stereocenters. The summed E-state index contributed by atoms with van der Waals surface area (Å²) >= 11 is 0. The molecule has 6 heteroatoms. The number of carbonyl (C=O) groups excluding carboxylic acids is 2. The molecule has 1 N–H and O–H groups in total. The number of aliphatic hydroxyl groups excluding tert-OH is 1. The van der Waals surface area contributed by atoms with Crippen molar-refractivity contribution in [3.63, 3.8) is 0 Å². The minimum Gasteiger partial charge on any atom is -0.387 e. The Hall–Kier alpha value is -1.92. The first-order valence-corrected chi connectivity index (χ1v) is 10.1. The molecule has 2 aliphatic heterocycles. The Bertz CT molecular complexity index is 614. The molecule has 2 saturated heterocycles. The third-order valence-corrected chi connectivity index (χ3v) is 5.75. The summed E-state index contributed by atoms with van der Waals surface area (Å²) < 4.78 is 0. The summed E-state index contributed by atoms with van der Waals surface area (Å²) in [5, 5.41) is 9.02. The fourth-order valence-electron chi connectivity index (χ4n) is 4.11. The number of nitrogens with zero attached hydrogens (tertiary/aromatic N) is 3. The predicted octanol–water partition coefficient (Wildman–Crippen LogP) is 1.34. The van der Waals surface area contributed by atoms with Gasteiger partial charge < -0.3 is 14.9 Å². The number of carbonyl (C=O) groups is 2.